The van der Waals surface area contributed by atoms with Crippen LogP contribution in [0.25, 0.3) is 0 Å². The van der Waals surface area contributed by atoms with Gasteiger partial charge in [-0.05, 0) is 6.92 Å². The molecule has 1 aromatic heterocycles. The standard InChI is InChI=1S/C11H20N6O3S/c1-9(10-14-12-8-15(10)2)13-11(18)16-4-6-17(7-5-16)21(3,19)20/h8-9H,4-7H2,1-3H3,(H,13,18). The van der Waals surface area contributed by atoms with Gasteiger partial charge in [-0.1, -0.05) is 0 Å². The van der Waals surface area contributed by atoms with E-state index < -0.39 is 10.0 Å². The van der Waals surface area contributed by atoms with Gasteiger partial charge < -0.3 is 14.8 Å². The number of hydrogen-bond donors (Lipinski definition) is 1. The van der Waals surface area contributed by atoms with Crippen molar-refractivity contribution in [1.29, 1.82) is 0 Å². The zero-order valence-electron chi connectivity index (χ0n) is 12.4. The molecule has 21 heavy (non-hydrogen) atoms. The Kier molecular flexibility index (Phi) is 4.47. The van der Waals surface area contributed by atoms with Crippen molar-refractivity contribution in [2.45, 2.75) is 13.0 Å². The number of nitrogens with zero attached hydrogens (tertiary/aromatic N) is 5. The zero-order valence-corrected chi connectivity index (χ0v) is 13.2. The normalized spacial score (nSPS) is 18.5. The Bertz CT molecular complexity index is 605. The third-order valence-electron chi connectivity index (χ3n) is 3.47. The number of carbonyl (C=O) groups is 1. The van der Waals surface area contributed by atoms with Crippen LogP contribution in [0.5, 0.6) is 0 Å². The van der Waals surface area contributed by atoms with Crippen molar-refractivity contribution in [3.05, 3.63) is 12.2 Å². The van der Waals surface area contributed by atoms with Crippen LogP contribution in [0.2, 0.25) is 0 Å². The number of urea groups is 1. The van der Waals surface area contributed by atoms with E-state index in [2.05, 4.69) is 15.5 Å². The van der Waals surface area contributed by atoms with E-state index in [1.165, 1.54) is 10.6 Å². The molecule has 1 unspecified atom stereocenters. The lowest BCUT2D eigenvalue weighted by atomic mass is 10.3. The Labute approximate surface area is 124 Å². The van der Waals surface area contributed by atoms with Crippen LogP contribution in [0, 0.1) is 0 Å². The van der Waals surface area contributed by atoms with Crippen LogP contribution in [0.1, 0.15) is 18.8 Å². The Morgan fingerprint density at radius 2 is 1.95 bits per heavy atom. The van der Waals surface area contributed by atoms with E-state index in [9.17, 15) is 13.2 Å². The summed E-state index contributed by atoms with van der Waals surface area (Å²) in [6.45, 7) is 3.23. The molecule has 1 aromatic rings. The number of amides is 2. The van der Waals surface area contributed by atoms with Crippen molar-refractivity contribution in [1.82, 2.24) is 29.3 Å². The maximum Gasteiger partial charge on any atom is 0.318 e. The van der Waals surface area contributed by atoms with Gasteiger partial charge >= 0.3 is 6.03 Å². The summed E-state index contributed by atoms with van der Waals surface area (Å²) in [7, 11) is -1.38. The molecular formula is C11H20N6O3S. The number of rotatable bonds is 3. The van der Waals surface area contributed by atoms with Crippen molar-refractivity contribution in [3.8, 4) is 0 Å². The van der Waals surface area contributed by atoms with E-state index in [1.54, 1.807) is 15.8 Å². The van der Waals surface area contributed by atoms with Crippen molar-refractivity contribution in [2.24, 2.45) is 7.05 Å². The fourth-order valence-electron chi connectivity index (χ4n) is 2.25. The van der Waals surface area contributed by atoms with E-state index in [-0.39, 0.29) is 12.1 Å². The minimum Gasteiger partial charge on any atom is -0.328 e. The topological polar surface area (TPSA) is 100 Å². The van der Waals surface area contributed by atoms with Gasteiger partial charge in [-0.3, -0.25) is 0 Å². The van der Waals surface area contributed by atoms with Gasteiger partial charge in [0, 0.05) is 33.2 Å². The lowest BCUT2D eigenvalue weighted by Crippen LogP contribution is -2.53. The first-order valence-electron chi connectivity index (χ1n) is 6.63. The highest BCUT2D eigenvalue weighted by atomic mass is 32.2. The number of aromatic nitrogens is 3. The number of carbonyl (C=O) groups excluding carboxylic acids is 1. The zero-order chi connectivity index (χ0) is 15.6. The molecule has 118 valence electrons. The van der Waals surface area contributed by atoms with Crippen LogP contribution in [0.3, 0.4) is 0 Å². The summed E-state index contributed by atoms with van der Waals surface area (Å²) in [5, 5.41) is 10.6. The fourth-order valence-corrected chi connectivity index (χ4v) is 3.07. The van der Waals surface area contributed by atoms with E-state index in [1.807, 2.05) is 14.0 Å². The largest absolute Gasteiger partial charge is 0.328 e. The monoisotopic (exact) mass is 316 g/mol. The third-order valence-corrected chi connectivity index (χ3v) is 4.77. The van der Waals surface area contributed by atoms with Gasteiger partial charge in [0.2, 0.25) is 10.0 Å². The number of sulfonamides is 1. The molecule has 1 fully saturated rings. The SMILES string of the molecule is CC(NC(=O)N1CCN(S(C)(=O)=O)CC1)c1nncn1C. The first-order chi connectivity index (χ1) is 9.79. The van der Waals surface area contributed by atoms with Crippen LogP contribution < -0.4 is 5.32 Å². The Hall–Kier alpha value is -1.68. The second-order valence-electron chi connectivity index (χ2n) is 5.12. The quantitative estimate of drug-likeness (QED) is 0.784. The number of hydrogen-bond acceptors (Lipinski definition) is 5. The number of aryl methyl sites for hydroxylation is 1. The molecule has 9 nitrogen and oxygen atoms in total. The summed E-state index contributed by atoms with van der Waals surface area (Å²) in [4.78, 5) is 13.8. The summed E-state index contributed by atoms with van der Waals surface area (Å²) in [5.74, 6) is 0.665. The fraction of sp³-hybridized carbons (Fsp3) is 0.727. The molecule has 2 amide bonds. The van der Waals surface area contributed by atoms with Gasteiger partial charge in [0.15, 0.2) is 5.82 Å². The minimum atomic E-state index is -3.19. The highest BCUT2D eigenvalue weighted by Crippen LogP contribution is 2.10. The first-order valence-corrected chi connectivity index (χ1v) is 8.48. The van der Waals surface area contributed by atoms with Gasteiger partial charge in [0.1, 0.15) is 6.33 Å². The molecule has 2 rings (SSSR count). The molecule has 1 atom stereocenters. The van der Waals surface area contributed by atoms with Crippen molar-refractivity contribution >= 4 is 16.1 Å². The van der Waals surface area contributed by atoms with Gasteiger partial charge in [-0.25, -0.2) is 13.2 Å². The van der Waals surface area contributed by atoms with Gasteiger partial charge in [-0.2, -0.15) is 4.31 Å². The molecule has 1 aliphatic heterocycles. The van der Waals surface area contributed by atoms with Gasteiger partial charge in [0.05, 0.1) is 12.3 Å². The second kappa shape index (κ2) is 5.98. The number of piperazine rings is 1. The lowest BCUT2D eigenvalue weighted by Gasteiger charge is -2.33. The smallest absolute Gasteiger partial charge is 0.318 e. The summed E-state index contributed by atoms with van der Waals surface area (Å²) in [6.07, 6.45) is 2.75. The summed E-state index contributed by atoms with van der Waals surface area (Å²) < 4.78 is 26.0. The molecule has 1 N–H and O–H groups in total. The summed E-state index contributed by atoms with van der Waals surface area (Å²) in [6, 6.07) is -0.489. The summed E-state index contributed by atoms with van der Waals surface area (Å²) >= 11 is 0. The number of nitrogens with one attached hydrogen (secondary N) is 1. The van der Waals surface area contributed by atoms with E-state index >= 15 is 0 Å². The predicted octanol–water partition coefficient (Wildman–Crippen LogP) is -0.837. The molecule has 0 aliphatic carbocycles. The van der Waals surface area contributed by atoms with Crippen LogP contribution in [0.15, 0.2) is 6.33 Å². The second-order valence-corrected chi connectivity index (χ2v) is 7.10. The maximum absolute atomic E-state index is 12.2. The van der Waals surface area contributed by atoms with Crippen molar-refractivity contribution in [2.75, 3.05) is 32.4 Å². The lowest BCUT2D eigenvalue weighted by molar-refractivity contribution is 0.169. The van der Waals surface area contributed by atoms with Crippen LogP contribution >= 0.6 is 0 Å². The Balaban J connectivity index is 1.89. The molecule has 2 heterocycles. The Morgan fingerprint density at radius 1 is 1.33 bits per heavy atom. The molecule has 1 aliphatic rings. The Morgan fingerprint density at radius 3 is 2.43 bits per heavy atom. The molecule has 10 heteroatoms. The van der Waals surface area contributed by atoms with E-state index in [0.29, 0.717) is 32.0 Å². The molecular weight excluding hydrogens is 296 g/mol. The molecule has 0 radical (unpaired) electrons. The minimum absolute atomic E-state index is 0.223. The van der Waals surface area contributed by atoms with Crippen molar-refractivity contribution < 1.29 is 13.2 Å². The average molecular weight is 316 g/mol. The summed E-state index contributed by atoms with van der Waals surface area (Å²) in [5.41, 5.74) is 0. The van der Waals surface area contributed by atoms with Crippen molar-refractivity contribution in [3.63, 3.8) is 0 Å². The van der Waals surface area contributed by atoms with E-state index in [4.69, 9.17) is 0 Å². The molecule has 0 bridgehead atoms. The van der Waals surface area contributed by atoms with Gasteiger partial charge in [-0.15, -0.1) is 10.2 Å². The first kappa shape index (κ1) is 15.7. The van der Waals surface area contributed by atoms with E-state index in [0.717, 1.165) is 0 Å². The third kappa shape index (κ3) is 3.70. The molecule has 1 saturated heterocycles. The molecule has 0 saturated carbocycles. The highest BCUT2D eigenvalue weighted by molar-refractivity contribution is 7.88. The average Bonchev–Trinajstić information content (AvgIpc) is 2.84. The van der Waals surface area contributed by atoms with Gasteiger partial charge in [0.25, 0.3) is 0 Å². The molecule has 0 aromatic carbocycles. The highest BCUT2D eigenvalue weighted by Gasteiger charge is 2.27. The predicted molar refractivity (Wildman–Crippen MR) is 75.9 cm³/mol. The molecule has 0 spiro atoms. The maximum atomic E-state index is 12.2. The van der Waals surface area contributed by atoms with Crippen LogP contribution in [-0.2, 0) is 17.1 Å². The van der Waals surface area contributed by atoms with Crippen LogP contribution in [0.4, 0.5) is 4.79 Å². The van der Waals surface area contributed by atoms with Crippen LogP contribution in [-0.4, -0.2) is 70.9 Å².